The molecule has 9 rings (SSSR count). The molecule has 0 spiro atoms. The maximum absolute atomic E-state index is 17.1. The summed E-state index contributed by atoms with van der Waals surface area (Å²) in [7, 11) is 0. The van der Waals surface area contributed by atoms with E-state index in [1.807, 2.05) is 6.92 Å². The third-order valence-corrected chi connectivity index (χ3v) is 11.4. The van der Waals surface area contributed by atoms with E-state index in [9.17, 15) is 10.2 Å². The van der Waals surface area contributed by atoms with E-state index >= 15 is 8.78 Å². The number of pyridine rings is 1. The molecule has 5 aliphatic rings. The minimum absolute atomic E-state index is 0.0252. The predicted octanol–water partition coefficient (Wildman–Crippen LogP) is 4.71. The third kappa shape index (κ3) is 4.86. The van der Waals surface area contributed by atoms with E-state index in [1.54, 1.807) is 12.1 Å². The van der Waals surface area contributed by atoms with Crippen molar-refractivity contribution in [1.29, 1.82) is 0 Å². The highest BCUT2D eigenvalue weighted by Crippen LogP contribution is 2.48. The van der Waals surface area contributed by atoms with Crippen molar-refractivity contribution < 1.29 is 28.5 Å². The summed E-state index contributed by atoms with van der Waals surface area (Å²) < 4.78 is 45.0. The zero-order valence-corrected chi connectivity index (χ0v) is 27.0. The molecule has 48 heavy (non-hydrogen) atoms. The Morgan fingerprint density at radius 2 is 1.98 bits per heavy atom. The van der Waals surface area contributed by atoms with Gasteiger partial charge in [0.05, 0.1) is 19.3 Å². The second-order valence-corrected chi connectivity index (χ2v) is 14.4. The fourth-order valence-electron chi connectivity index (χ4n) is 8.68. The minimum Gasteiger partial charge on any atom is -0.508 e. The summed E-state index contributed by atoms with van der Waals surface area (Å²) >= 11 is 0. The van der Waals surface area contributed by atoms with Gasteiger partial charge in [-0.1, -0.05) is 13.0 Å². The average Bonchev–Trinajstić information content (AvgIpc) is 3.58. The molecule has 3 saturated heterocycles. The van der Waals surface area contributed by atoms with Gasteiger partial charge in [-0.05, 0) is 86.0 Å². The Morgan fingerprint density at radius 3 is 2.79 bits per heavy atom. The van der Waals surface area contributed by atoms with Crippen LogP contribution in [0.2, 0.25) is 0 Å². The van der Waals surface area contributed by atoms with Crippen molar-refractivity contribution in [3.63, 3.8) is 0 Å². The van der Waals surface area contributed by atoms with E-state index in [0.29, 0.717) is 53.7 Å². The Bertz CT molecular complexity index is 1940. The number of hydrogen-bond donors (Lipinski definition) is 3. The van der Waals surface area contributed by atoms with Crippen LogP contribution in [0.1, 0.15) is 51.0 Å². The van der Waals surface area contributed by atoms with Crippen LogP contribution in [0.15, 0.2) is 24.3 Å². The number of hydrogen-bond acceptors (Lipinski definition) is 10. The van der Waals surface area contributed by atoms with E-state index < -0.39 is 11.6 Å². The molecule has 0 radical (unpaired) electrons. The zero-order chi connectivity index (χ0) is 32.7. The third-order valence-electron chi connectivity index (χ3n) is 11.4. The normalized spacial score (nSPS) is 25.7. The summed E-state index contributed by atoms with van der Waals surface area (Å²) in [5.74, 6) is -0.427. The monoisotopic (exact) mass is 658 g/mol. The molecule has 1 saturated carbocycles. The van der Waals surface area contributed by atoms with Gasteiger partial charge in [0.15, 0.2) is 5.82 Å². The first kappa shape index (κ1) is 30.2. The number of nitrogens with one attached hydrogen (secondary N) is 1. The van der Waals surface area contributed by atoms with Gasteiger partial charge < -0.3 is 29.9 Å². The van der Waals surface area contributed by atoms with E-state index in [1.165, 1.54) is 12.1 Å². The number of aromatic nitrogens is 3. The van der Waals surface area contributed by atoms with Gasteiger partial charge in [0.2, 0.25) is 5.88 Å². The van der Waals surface area contributed by atoms with E-state index in [-0.39, 0.29) is 70.6 Å². The second-order valence-electron chi connectivity index (χ2n) is 14.4. The van der Waals surface area contributed by atoms with E-state index in [0.717, 1.165) is 51.6 Å². The molecule has 252 valence electrons. The highest BCUT2D eigenvalue weighted by molar-refractivity contribution is 6.03. The Balaban J connectivity index is 1.18. The van der Waals surface area contributed by atoms with Gasteiger partial charge in [-0.25, -0.2) is 13.8 Å². The van der Waals surface area contributed by atoms with Crippen molar-refractivity contribution in [2.45, 2.75) is 76.0 Å². The molecule has 4 unspecified atom stereocenters. The van der Waals surface area contributed by atoms with Gasteiger partial charge in [0, 0.05) is 42.2 Å². The molecule has 2 aromatic carbocycles. The standard InChI is InChI=1S/C36H40F2N6O4/c1-2-23-25(37)7-5-19-12-22(46)13-24(28(19)23)31-30(38)32-29-33(44-14-20-6-8-26(39-20)27(44)16-47-34(29)40-31)42-35(41-32)48-18-36(9-10-36)17-43-11-3-4-21(43)15-45/h5,7,12-13,20-21,26-27,39,45-46H,2-4,6,8-11,14-18H2,1H3. The molecule has 2 bridgehead atoms. The molecular weight excluding hydrogens is 618 g/mol. The van der Waals surface area contributed by atoms with Crippen LogP contribution in [0.4, 0.5) is 14.6 Å². The first-order valence-corrected chi connectivity index (χ1v) is 17.3. The Hall–Kier alpha value is -3.87. The first-order valence-electron chi connectivity index (χ1n) is 17.3. The van der Waals surface area contributed by atoms with Gasteiger partial charge in [-0.3, -0.25) is 4.90 Å². The molecule has 4 aliphatic heterocycles. The Kier molecular flexibility index (Phi) is 7.14. The fraction of sp³-hybridized carbons (Fsp3) is 0.528. The fourth-order valence-corrected chi connectivity index (χ4v) is 8.68. The average molecular weight is 659 g/mol. The lowest BCUT2D eigenvalue weighted by atomic mass is 9.94. The summed E-state index contributed by atoms with van der Waals surface area (Å²) in [4.78, 5) is 19.0. The van der Waals surface area contributed by atoms with Crippen LogP contribution in [0.25, 0.3) is 32.9 Å². The number of benzene rings is 2. The number of aliphatic hydroxyl groups is 1. The topological polar surface area (TPSA) is 116 Å². The lowest BCUT2D eigenvalue weighted by Crippen LogP contribution is -2.60. The van der Waals surface area contributed by atoms with Crippen molar-refractivity contribution in [3.05, 3.63) is 41.5 Å². The molecule has 0 amide bonds. The maximum Gasteiger partial charge on any atom is 0.319 e. The lowest BCUT2D eigenvalue weighted by molar-refractivity contribution is 0.113. The van der Waals surface area contributed by atoms with Crippen molar-refractivity contribution in [1.82, 2.24) is 25.2 Å². The van der Waals surface area contributed by atoms with Crippen molar-refractivity contribution in [3.8, 4) is 28.9 Å². The molecule has 10 nitrogen and oxygen atoms in total. The maximum atomic E-state index is 17.1. The number of nitrogens with zero attached hydrogens (tertiary/aromatic N) is 5. The summed E-state index contributed by atoms with van der Waals surface area (Å²) in [5.41, 5.74) is 0.581. The van der Waals surface area contributed by atoms with Gasteiger partial charge in [0.25, 0.3) is 0 Å². The van der Waals surface area contributed by atoms with Gasteiger partial charge in [-0.2, -0.15) is 9.97 Å². The summed E-state index contributed by atoms with van der Waals surface area (Å²) in [6, 6.07) is 6.65. The van der Waals surface area contributed by atoms with Crippen LogP contribution in [0, 0.1) is 17.0 Å². The molecular formula is C36H40F2N6O4. The molecule has 4 fully saturated rings. The molecule has 1 aliphatic carbocycles. The molecule has 2 aromatic heterocycles. The number of phenolic OH excluding ortho intramolecular Hbond substituents is 1. The number of rotatable bonds is 8. The summed E-state index contributed by atoms with van der Waals surface area (Å²) in [6.45, 7) is 5.21. The van der Waals surface area contributed by atoms with Crippen molar-refractivity contribution >= 4 is 27.5 Å². The van der Waals surface area contributed by atoms with Crippen LogP contribution in [0.3, 0.4) is 0 Å². The number of halogens is 2. The molecule has 6 heterocycles. The lowest BCUT2D eigenvalue weighted by Gasteiger charge is -2.40. The SMILES string of the molecule is CCc1c(F)ccc2cc(O)cc(-c3nc4c5c(nc(OCC6(CN7CCCC7CO)CC6)nc5c3F)N3CC5CCC(N5)C3CO4)c12. The van der Waals surface area contributed by atoms with E-state index in [4.69, 9.17) is 24.4 Å². The minimum atomic E-state index is -0.704. The number of aryl methyl sites for hydroxylation is 1. The van der Waals surface area contributed by atoms with Crippen LogP contribution < -0.4 is 19.7 Å². The van der Waals surface area contributed by atoms with Crippen LogP contribution >= 0.6 is 0 Å². The zero-order valence-electron chi connectivity index (χ0n) is 27.0. The number of aliphatic hydroxyl groups excluding tert-OH is 1. The molecule has 12 heteroatoms. The molecule has 4 atom stereocenters. The second kappa shape index (κ2) is 11.3. The number of phenols is 1. The van der Waals surface area contributed by atoms with Crippen molar-refractivity contribution in [2.24, 2.45) is 5.41 Å². The number of aromatic hydroxyl groups is 1. The first-order chi connectivity index (χ1) is 23.3. The largest absolute Gasteiger partial charge is 0.508 e. The number of anilines is 1. The van der Waals surface area contributed by atoms with Crippen molar-refractivity contribution in [2.75, 3.05) is 44.4 Å². The van der Waals surface area contributed by atoms with Gasteiger partial charge in [-0.15, -0.1) is 0 Å². The quantitative estimate of drug-likeness (QED) is 0.246. The summed E-state index contributed by atoms with van der Waals surface area (Å²) in [6.07, 6.45) is 6.51. The van der Waals surface area contributed by atoms with E-state index in [2.05, 4.69) is 15.1 Å². The van der Waals surface area contributed by atoms with Crippen LogP contribution in [-0.4, -0.2) is 93.7 Å². The Labute approximate surface area is 277 Å². The van der Waals surface area contributed by atoms with Gasteiger partial charge in [0.1, 0.15) is 40.6 Å². The van der Waals surface area contributed by atoms with Crippen LogP contribution in [0.5, 0.6) is 17.6 Å². The molecule has 4 aromatic rings. The number of ether oxygens (including phenoxy) is 2. The number of piperazine rings is 1. The smallest absolute Gasteiger partial charge is 0.319 e. The number of likely N-dealkylation sites (tertiary alicyclic amines) is 1. The van der Waals surface area contributed by atoms with Crippen LogP contribution in [-0.2, 0) is 6.42 Å². The summed E-state index contributed by atoms with van der Waals surface area (Å²) in [5, 5.41) is 25.8. The van der Waals surface area contributed by atoms with Gasteiger partial charge >= 0.3 is 6.01 Å². The number of fused-ring (bicyclic) bond motifs is 6. The highest BCUT2D eigenvalue weighted by atomic mass is 19.1. The predicted molar refractivity (Wildman–Crippen MR) is 177 cm³/mol. The highest BCUT2D eigenvalue weighted by Gasteiger charge is 2.47. The Morgan fingerprint density at radius 1 is 1.10 bits per heavy atom. The molecule has 3 N–H and O–H groups in total.